The summed E-state index contributed by atoms with van der Waals surface area (Å²) in [6, 6.07) is 17.4. The third kappa shape index (κ3) is 6.38. The minimum Gasteiger partial charge on any atom is -0.486 e. The minimum atomic E-state index is -0.458. The molecule has 0 aliphatic carbocycles. The summed E-state index contributed by atoms with van der Waals surface area (Å²) >= 11 is 3.37. The summed E-state index contributed by atoms with van der Waals surface area (Å²) in [5.41, 5.74) is 0.505. The molecule has 0 atom stereocenters. The molecular weight excluding hydrogens is 454 g/mol. The van der Waals surface area contributed by atoms with Gasteiger partial charge in [0.2, 0.25) is 0 Å². The second-order valence-electron chi connectivity index (χ2n) is 6.08. The zero-order valence-corrected chi connectivity index (χ0v) is 17.8. The van der Waals surface area contributed by atoms with Crippen molar-refractivity contribution in [3.63, 3.8) is 0 Å². The number of furan rings is 1. The molecule has 0 radical (unpaired) electrons. The molecule has 1 aromatic heterocycles. The number of nitrogens with one attached hydrogen (secondary N) is 1. The van der Waals surface area contributed by atoms with Crippen LogP contribution in [0.25, 0.3) is 0 Å². The van der Waals surface area contributed by atoms with Gasteiger partial charge in [-0.2, -0.15) is 0 Å². The van der Waals surface area contributed by atoms with Crippen LogP contribution in [0.2, 0.25) is 0 Å². The number of halogens is 1. The molecule has 156 valence electrons. The van der Waals surface area contributed by atoms with Gasteiger partial charge in [-0.25, -0.2) is 4.79 Å². The first kappa shape index (κ1) is 21.4. The van der Waals surface area contributed by atoms with E-state index in [4.69, 9.17) is 18.6 Å². The van der Waals surface area contributed by atoms with Gasteiger partial charge in [0.1, 0.15) is 23.9 Å². The summed E-state index contributed by atoms with van der Waals surface area (Å²) in [4.78, 5) is 23.8. The molecule has 3 rings (SSSR count). The molecule has 0 bridgehead atoms. The van der Waals surface area contributed by atoms with E-state index in [1.807, 2.05) is 24.3 Å². The number of rotatable bonds is 9. The fraction of sp³-hybridized carbons (Fsp3) is 0.182. The van der Waals surface area contributed by atoms with Gasteiger partial charge >= 0.3 is 5.97 Å². The van der Waals surface area contributed by atoms with Crippen LogP contribution in [0.4, 0.5) is 5.69 Å². The highest BCUT2D eigenvalue weighted by molar-refractivity contribution is 9.10. The van der Waals surface area contributed by atoms with E-state index in [1.165, 1.54) is 0 Å². The van der Waals surface area contributed by atoms with E-state index in [0.717, 1.165) is 4.47 Å². The Morgan fingerprint density at radius 2 is 1.80 bits per heavy atom. The Bertz CT molecular complexity index is 999. The lowest BCUT2D eigenvalue weighted by Gasteiger charge is -2.08. The zero-order valence-electron chi connectivity index (χ0n) is 16.2. The van der Waals surface area contributed by atoms with Crippen LogP contribution in [-0.2, 0) is 16.1 Å². The van der Waals surface area contributed by atoms with Gasteiger partial charge in [-0.15, -0.1) is 0 Å². The number of amides is 1. The summed E-state index contributed by atoms with van der Waals surface area (Å²) in [5.74, 6) is 0.939. The van der Waals surface area contributed by atoms with Crippen LogP contribution in [0.3, 0.4) is 0 Å². The maximum atomic E-state index is 12.4. The number of esters is 1. The van der Waals surface area contributed by atoms with Crippen molar-refractivity contribution in [1.82, 2.24) is 0 Å². The molecule has 1 heterocycles. The van der Waals surface area contributed by atoms with Crippen molar-refractivity contribution in [3.05, 3.63) is 76.7 Å². The molecule has 1 amide bonds. The SMILES string of the molecule is CCOC(=O)COc1cccc(NC(=O)c2ccc(COc3ccc(Br)cc3)o2)c1. The number of ether oxygens (including phenoxy) is 3. The van der Waals surface area contributed by atoms with Crippen molar-refractivity contribution < 1.29 is 28.2 Å². The number of hydrogen-bond donors (Lipinski definition) is 1. The fourth-order valence-electron chi connectivity index (χ4n) is 2.46. The maximum Gasteiger partial charge on any atom is 0.344 e. The molecular formula is C22H20BrNO6. The van der Waals surface area contributed by atoms with E-state index >= 15 is 0 Å². The normalized spacial score (nSPS) is 10.3. The largest absolute Gasteiger partial charge is 0.486 e. The third-order valence-electron chi connectivity index (χ3n) is 3.83. The lowest BCUT2D eigenvalue weighted by Crippen LogP contribution is -2.15. The molecule has 30 heavy (non-hydrogen) atoms. The lowest BCUT2D eigenvalue weighted by molar-refractivity contribution is -0.145. The van der Waals surface area contributed by atoms with E-state index in [1.54, 1.807) is 43.3 Å². The Balaban J connectivity index is 1.54. The van der Waals surface area contributed by atoms with E-state index in [2.05, 4.69) is 21.2 Å². The molecule has 0 fully saturated rings. The van der Waals surface area contributed by atoms with Gasteiger partial charge in [0, 0.05) is 16.2 Å². The van der Waals surface area contributed by atoms with Gasteiger partial charge in [-0.3, -0.25) is 4.79 Å². The number of hydrogen-bond acceptors (Lipinski definition) is 6. The average Bonchev–Trinajstić information content (AvgIpc) is 3.22. The molecule has 0 saturated carbocycles. The molecule has 0 saturated heterocycles. The minimum absolute atomic E-state index is 0.155. The first-order valence-corrected chi connectivity index (χ1v) is 9.99. The van der Waals surface area contributed by atoms with Crippen LogP contribution < -0.4 is 14.8 Å². The highest BCUT2D eigenvalue weighted by atomic mass is 79.9. The second kappa shape index (κ2) is 10.5. The quantitative estimate of drug-likeness (QED) is 0.448. The summed E-state index contributed by atoms with van der Waals surface area (Å²) in [5, 5.41) is 2.73. The first-order chi connectivity index (χ1) is 14.5. The number of carbonyl (C=O) groups is 2. The monoisotopic (exact) mass is 473 g/mol. The molecule has 8 heteroatoms. The van der Waals surface area contributed by atoms with Crippen molar-refractivity contribution in [1.29, 1.82) is 0 Å². The molecule has 0 aliphatic heterocycles. The Morgan fingerprint density at radius 3 is 2.57 bits per heavy atom. The van der Waals surface area contributed by atoms with Gasteiger partial charge < -0.3 is 23.9 Å². The van der Waals surface area contributed by atoms with Crippen molar-refractivity contribution in [3.8, 4) is 11.5 Å². The highest BCUT2D eigenvalue weighted by Crippen LogP contribution is 2.20. The van der Waals surface area contributed by atoms with Crippen LogP contribution in [0.1, 0.15) is 23.2 Å². The number of benzene rings is 2. The van der Waals surface area contributed by atoms with Gasteiger partial charge in [0.05, 0.1) is 6.61 Å². The molecule has 0 unspecified atom stereocenters. The van der Waals surface area contributed by atoms with Crippen LogP contribution >= 0.6 is 15.9 Å². The summed E-state index contributed by atoms with van der Waals surface area (Å²) in [6.45, 7) is 2.01. The van der Waals surface area contributed by atoms with Gasteiger partial charge in [0.25, 0.3) is 5.91 Å². The predicted molar refractivity (Wildman–Crippen MR) is 114 cm³/mol. The highest BCUT2D eigenvalue weighted by Gasteiger charge is 2.13. The van der Waals surface area contributed by atoms with E-state index < -0.39 is 11.9 Å². The Morgan fingerprint density at radius 1 is 1.00 bits per heavy atom. The number of carbonyl (C=O) groups excluding carboxylic acids is 2. The topological polar surface area (TPSA) is 87.0 Å². The number of anilines is 1. The Hall–Kier alpha value is -3.26. The third-order valence-corrected chi connectivity index (χ3v) is 4.36. The molecule has 0 spiro atoms. The maximum absolute atomic E-state index is 12.4. The van der Waals surface area contributed by atoms with Crippen molar-refractivity contribution in [2.24, 2.45) is 0 Å². The van der Waals surface area contributed by atoms with Crippen LogP contribution in [0.15, 0.2) is 69.6 Å². The summed E-state index contributed by atoms with van der Waals surface area (Å²) in [7, 11) is 0. The van der Waals surface area contributed by atoms with E-state index in [-0.39, 0.29) is 25.6 Å². The zero-order chi connectivity index (χ0) is 21.3. The molecule has 2 aromatic carbocycles. The summed E-state index contributed by atoms with van der Waals surface area (Å²) in [6.07, 6.45) is 0. The lowest BCUT2D eigenvalue weighted by atomic mass is 10.3. The van der Waals surface area contributed by atoms with Gasteiger partial charge in [-0.05, 0) is 55.5 Å². The van der Waals surface area contributed by atoms with Crippen molar-refractivity contribution >= 4 is 33.5 Å². The van der Waals surface area contributed by atoms with E-state index in [0.29, 0.717) is 22.9 Å². The molecule has 0 aliphatic rings. The van der Waals surface area contributed by atoms with Crippen molar-refractivity contribution in [2.45, 2.75) is 13.5 Å². The second-order valence-corrected chi connectivity index (χ2v) is 7.00. The van der Waals surface area contributed by atoms with Crippen molar-refractivity contribution in [2.75, 3.05) is 18.5 Å². The predicted octanol–water partition coefficient (Wildman–Crippen LogP) is 4.82. The standard InChI is InChI=1S/C22H20BrNO6/c1-2-27-21(25)14-29-18-5-3-4-16(12-18)24-22(26)20-11-10-19(30-20)13-28-17-8-6-15(23)7-9-17/h3-12H,2,13-14H2,1H3,(H,24,26). The molecule has 3 aromatic rings. The Kier molecular flexibility index (Phi) is 7.51. The van der Waals surface area contributed by atoms with E-state index in [9.17, 15) is 9.59 Å². The van der Waals surface area contributed by atoms with Gasteiger partial charge in [0.15, 0.2) is 12.4 Å². The van der Waals surface area contributed by atoms with Crippen LogP contribution in [-0.4, -0.2) is 25.1 Å². The fourth-order valence-corrected chi connectivity index (χ4v) is 2.73. The average molecular weight is 474 g/mol. The van der Waals surface area contributed by atoms with Crippen LogP contribution in [0.5, 0.6) is 11.5 Å². The molecule has 1 N–H and O–H groups in total. The summed E-state index contributed by atoms with van der Waals surface area (Å²) < 4.78 is 22.3. The first-order valence-electron chi connectivity index (χ1n) is 9.20. The smallest absolute Gasteiger partial charge is 0.344 e. The Labute approximate surface area is 182 Å². The van der Waals surface area contributed by atoms with Crippen LogP contribution in [0, 0.1) is 0 Å². The molecule has 7 nitrogen and oxygen atoms in total. The van der Waals surface area contributed by atoms with Gasteiger partial charge in [-0.1, -0.05) is 22.0 Å².